The molecular formula is C15H20ClN3. The number of hydrogen-bond acceptors (Lipinski definition) is 2. The predicted octanol–water partition coefficient (Wildman–Crippen LogP) is 2.93. The molecule has 4 heteroatoms. The minimum atomic E-state index is 0.413. The normalized spacial score (nSPS) is 12.6. The maximum atomic E-state index is 5.90. The predicted molar refractivity (Wildman–Crippen MR) is 79.6 cm³/mol. The fraction of sp³-hybridized carbons (Fsp3) is 0.400. The van der Waals surface area contributed by atoms with Crippen molar-refractivity contribution in [1.82, 2.24) is 15.1 Å². The van der Waals surface area contributed by atoms with Gasteiger partial charge in [0.2, 0.25) is 0 Å². The van der Waals surface area contributed by atoms with Crippen LogP contribution in [-0.4, -0.2) is 22.9 Å². The molecule has 0 saturated carbocycles. The van der Waals surface area contributed by atoms with Crippen LogP contribution in [0.3, 0.4) is 0 Å². The number of hydrogen-bond donors (Lipinski definition) is 1. The van der Waals surface area contributed by atoms with Gasteiger partial charge in [-0.15, -0.1) is 0 Å². The van der Waals surface area contributed by atoms with Gasteiger partial charge < -0.3 is 5.32 Å². The second-order valence-corrected chi connectivity index (χ2v) is 5.16. The van der Waals surface area contributed by atoms with Gasteiger partial charge in [-0.25, -0.2) is 0 Å². The lowest BCUT2D eigenvalue weighted by molar-refractivity contribution is 0.556. The Hall–Kier alpha value is -1.32. The number of likely N-dealkylation sites (N-methyl/N-ethyl adjacent to an activating group) is 1. The van der Waals surface area contributed by atoms with Crippen LogP contribution in [0, 0.1) is 0 Å². The summed E-state index contributed by atoms with van der Waals surface area (Å²) in [4.78, 5) is 0. The van der Waals surface area contributed by atoms with Crippen molar-refractivity contribution in [3.05, 3.63) is 52.8 Å². The van der Waals surface area contributed by atoms with Crippen molar-refractivity contribution < 1.29 is 0 Å². The van der Waals surface area contributed by atoms with Crippen LogP contribution in [0.25, 0.3) is 0 Å². The lowest BCUT2D eigenvalue weighted by Crippen LogP contribution is -2.29. The van der Waals surface area contributed by atoms with Crippen LogP contribution in [0.1, 0.15) is 18.1 Å². The van der Waals surface area contributed by atoms with Gasteiger partial charge in [0, 0.05) is 23.8 Å². The fourth-order valence-electron chi connectivity index (χ4n) is 2.15. The zero-order valence-corrected chi connectivity index (χ0v) is 12.2. The van der Waals surface area contributed by atoms with Crippen LogP contribution >= 0.6 is 11.6 Å². The minimum absolute atomic E-state index is 0.413. The van der Waals surface area contributed by atoms with Gasteiger partial charge in [0.15, 0.2) is 0 Å². The molecule has 1 N–H and O–H groups in total. The van der Waals surface area contributed by atoms with Gasteiger partial charge in [-0.3, -0.25) is 4.68 Å². The van der Waals surface area contributed by atoms with Gasteiger partial charge in [0.1, 0.15) is 0 Å². The van der Waals surface area contributed by atoms with E-state index in [1.54, 1.807) is 0 Å². The Morgan fingerprint density at radius 2 is 1.89 bits per heavy atom. The highest BCUT2D eigenvalue weighted by Gasteiger charge is 2.09. The maximum absolute atomic E-state index is 5.90. The van der Waals surface area contributed by atoms with Gasteiger partial charge >= 0.3 is 0 Å². The molecule has 3 nitrogen and oxygen atoms in total. The third-order valence-corrected chi connectivity index (χ3v) is 3.55. The molecule has 0 saturated heterocycles. The summed E-state index contributed by atoms with van der Waals surface area (Å²) in [6.07, 6.45) is 6.05. The zero-order chi connectivity index (χ0) is 13.7. The quantitative estimate of drug-likeness (QED) is 0.880. The van der Waals surface area contributed by atoms with Crippen LogP contribution in [0.5, 0.6) is 0 Å². The van der Waals surface area contributed by atoms with Gasteiger partial charge in [-0.05, 0) is 50.1 Å². The smallest absolute Gasteiger partial charge is 0.0522 e. The number of aromatic nitrogens is 2. The van der Waals surface area contributed by atoms with Crippen LogP contribution in [0.4, 0.5) is 0 Å². The van der Waals surface area contributed by atoms with Crippen molar-refractivity contribution in [3.8, 4) is 0 Å². The molecule has 0 aliphatic heterocycles. The molecule has 0 spiro atoms. The second kappa shape index (κ2) is 6.73. The Kier molecular flexibility index (Phi) is 5.00. The molecule has 0 aliphatic carbocycles. The molecule has 1 unspecified atom stereocenters. The lowest BCUT2D eigenvalue weighted by atomic mass is 10.0. The highest BCUT2D eigenvalue weighted by Crippen LogP contribution is 2.13. The Morgan fingerprint density at radius 1 is 1.21 bits per heavy atom. The SMILES string of the molecule is CCn1cc(CC(Cc2ccc(Cl)cc2)NC)cn1. The van der Waals surface area contributed by atoms with Crippen LogP contribution < -0.4 is 5.32 Å². The van der Waals surface area contributed by atoms with Crippen molar-refractivity contribution in [2.24, 2.45) is 0 Å². The number of halogens is 1. The Morgan fingerprint density at radius 3 is 2.47 bits per heavy atom. The Labute approximate surface area is 119 Å². The second-order valence-electron chi connectivity index (χ2n) is 4.72. The summed E-state index contributed by atoms with van der Waals surface area (Å²) < 4.78 is 1.96. The van der Waals surface area contributed by atoms with Crippen molar-refractivity contribution in [3.63, 3.8) is 0 Å². The first-order valence-electron chi connectivity index (χ1n) is 6.64. The minimum Gasteiger partial charge on any atom is -0.316 e. The molecule has 1 aromatic heterocycles. The monoisotopic (exact) mass is 277 g/mol. The van der Waals surface area contributed by atoms with Gasteiger partial charge in [-0.1, -0.05) is 23.7 Å². The van der Waals surface area contributed by atoms with E-state index in [0.717, 1.165) is 24.4 Å². The van der Waals surface area contributed by atoms with Crippen LogP contribution in [-0.2, 0) is 19.4 Å². The molecule has 1 aromatic carbocycles. The molecule has 0 radical (unpaired) electrons. The molecule has 0 aliphatic rings. The van der Waals surface area contributed by atoms with E-state index in [0.29, 0.717) is 6.04 Å². The highest BCUT2D eigenvalue weighted by molar-refractivity contribution is 6.30. The molecule has 1 heterocycles. The highest BCUT2D eigenvalue weighted by atomic mass is 35.5. The van der Waals surface area contributed by atoms with Crippen molar-refractivity contribution in [2.45, 2.75) is 32.4 Å². The Bertz CT molecular complexity index is 504. The summed E-state index contributed by atoms with van der Waals surface area (Å²) in [5.41, 5.74) is 2.57. The molecular weight excluding hydrogens is 258 g/mol. The topological polar surface area (TPSA) is 29.9 Å². The largest absolute Gasteiger partial charge is 0.316 e. The number of nitrogens with one attached hydrogen (secondary N) is 1. The summed E-state index contributed by atoms with van der Waals surface area (Å²) in [6, 6.07) is 8.47. The third kappa shape index (κ3) is 4.08. The third-order valence-electron chi connectivity index (χ3n) is 3.30. The molecule has 1 atom stereocenters. The summed E-state index contributed by atoms with van der Waals surface area (Å²) in [7, 11) is 2.00. The average Bonchev–Trinajstić information content (AvgIpc) is 2.88. The summed E-state index contributed by atoms with van der Waals surface area (Å²) in [5.74, 6) is 0. The van der Waals surface area contributed by atoms with E-state index in [4.69, 9.17) is 11.6 Å². The van der Waals surface area contributed by atoms with Crippen LogP contribution in [0.15, 0.2) is 36.7 Å². The molecule has 19 heavy (non-hydrogen) atoms. The van der Waals surface area contributed by atoms with E-state index < -0.39 is 0 Å². The molecule has 0 amide bonds. The number of nitrogens with zero attached hydrogens (tertiary/aromatic N) is 2. The maximum Gasteiger partial charge on any atom is 0.0522 e. The molecule has 102 valence electrons. The Balaban J connectivity index is 1.98. The summed E-state index contributed by atoms with van der Waals surface area (Å²) in [6.45, 7) is 3.02. The van der Waals surface area contributed by atoms with E-state index in [1.807, 2.05) is 30.1 Å². The first-order chi connectivity index (χ1) is 9.21. The van der Waals surface area contributed by atoms with Crippen molar-refractivity contribution in [2.75, 3.05) is 7.05 Å². The van der Waals surface area contributed by atoms with Gasteiger partial charge in [-0.2, -0.15) is 5.10 Å². The fourth-order valence-corrected chi connectivity index (χ4v) is 2.28. The number of benzene rings is 1. The van der Waals surface area contributed by atoms with E-state index >= 15 is 0 Å². The number of aryl methyl sites for hydroxylation is 1. The van der Waals surface area contributed by atoms with Gasteiger partial charge in [0.25, 0.3) is 0 Å². The van der Waals surface area contributed by atoms with Crippen molar-refractivity contribution in [1.29, 1.82) is 0 Å². The first kappa shape index (κ1) is 14.1. The summed E-state index contributed by atoms with van der Waals surface area (Å²) >= 11 is 5.90. The average molecular weight is 278 g/mol. The van der Waals surface area contributed by atoms with E-state index in [-0.39, 0.29) is 0 Å². The lowest BCUT2D eigenvalue weighted by Gasteiger charge is -2.15. The molecule has 0 fully saturated rings. The zero-order valence-electron chi connectivity index (χ0n) is 11.4. The number of rotatable bonds is 6. The molecule has 2 rings (SSSR count). The first-order valence-corrected chi connectivity index (χ1v) is 7.02. The standard InChI is InChI=1S/C15H20ClN3/c1-3-19-11-13(10-18-19)9-15(17-2)8-12-4-6-14(16)7-5-12/h4-7,10-11,15,17H,3,8-9H2,1-2H3. The molecule has 2 aromatic rings. The van der Waals surface area contributed by atoms with Gasteiger partial charge in [0.05, 0.1) is 6.20 Å². The summed E-state index contributed by atoms with van der Waals surface area (Å²) in [5, 5.41) is 8.47. The van der Waals surface area contributed by atoms with E-state index in [9.17, 15) is 0 Å². The molecule has 0 bridgehead atoms. The van der Waals surface area contributed by atoms with E-state index in [2.05, 4.69) is 35.7 Å². The van der Waals surface area contributed by atoms with Crippen LogP contribution in [0.2, 0.25) is 5.02 Å². The van der Waals surface area contributed by atoms with Crippen molar-refractivity contribution >= 4 is 11.6 Å². The van der Waals surface area contributed by atoms with E-state index in [1.165, 1.54) is 11.1 Å².